The van der Waals surface area contributed by atoms with E-state index in [1.807, 2.05) is 48.5 Å². The van der Waals surface area contributed by atoms with Crippen LogP contribution in [0.2, 0.25) is 0 Å². The molecule has 2 atom stereocenters. The number of anilines is 1. The largest absolute Gasteiger partial charge is 0.479 e. The summed E-state index contributed by atoms with van der Waals surface area (Å²) in [4.78, 5) is 36.2. The topological polar surface area (TPSA) is 153 Å². The lowest BCUT2D eigenvalue weighted by molar-refractivity contribution is -0.149. The molecule has 2 amide bonds. The van der Waals surface area contributed by atoms with Crippen LogP contribution in [0.1, 0.15) is 34.0 Å². The molecule has 0 radical (unpaired) electrons. The number of fused-ring (bicyclic) bond motifs is 3. The van der Waals surface area contributed by atoms with Crippen LogP contribution < -0.4 is 10.6 Å². The van der Waals surface area contributed by atoms with Crippen molar-refractivity contribution in [1.82, 2.24) is 15.6 Å². The number of aliphatic carboxylic acids is 1. The van der Waals surface area contributed by atoms with Gasteiger partial charge in [-0.1, -0.05) is 48.5 Å². The minimum absolute atomic E-state index is 0.0625. The zero-order chi connectivity index (χ0) is 24.4. The van der Waals surface area contributed by atoms with Gasteiger partial charge in [0.1, 0.15) is 6.61 Å². The fourth-order valence-electron chi connectivity index (χ4n) is 4.57. The zero-order valence-electron chi connectivity index (χ0n) is 18.5. The van der Waals surface area contributed by atoms with Gasteiger partial charge < -0.3 is 19.9 Å². The molecule has 2 aliphatic rings. The Morgan fingerprint density at radius 2 is 1.71 bits per heavy atom. The molecule has 3 aromatic rings. The molecule has 5 rings (SSSR count). The molecule has 35 heavy (non-hydrogen) atoms. The van der Waals surface area contributed by atoms with Crippen LogP contribution in [-0.4, -0.2) is 59.3 Å². The number of carboxylic acids is 1. The summed E-state index contributed by atoms with van der Waals surface area (Å²) in [5.41, 5.74) is 4.11. The predicted molar refractivity (Wildman–Crippen MR) is 121 cm³/mol. The summed E-state index contributed by atoms with van der Waals surface area (Å²) in [5, 5.41) is 21.3. The number of carbonyl (C=O) groups is 3. The van der Waals surface area contributed by atoms with Gasteiger partial charge in [-0.05, 0) is 39.0 Å². The third-order valence-electron chi connectivity index (χ3n) is 6.25. The van der Waals surface area contributed by atoms with Gasteiger partial charge in [0.05, 0.1) is 0 Å². The van der Waals surface area contributed by atoms with Crippen LogP contribution in [0.25, 0.3) is 11.1 Å². The Hall–Kier alpha value is -4.25. The first-order valence-electron chi connectivity index (χ1n) is 11.1. The molecule has 0 saturated carbocycles. The smallest absolute Gasteiger partial charge is 0.412 e. The van der Waals surface area contributed by atoms with Crippen LogP contribution in [0.4, 0.5) is 10.6 Å². The highest BCUT2D eigenvalue weighted by molar-refractivity contribution is 5.99. The Bertz CT molecular complexity index is 1230. The first kappa shape index (κ1) is 22.5. The van der Waals surface area contributed by atoms with Crippen LogP contribution in [0.3, 0.4) is 0 Å². The molecule has 11 heteroatoms. The van der Waals surface area contributed by atoms with Gasteiger partial charge in [-0.3, -0.25) is 10.1 Å². The number of nitrogens with one attached hydrogen (secondary N) is 2. The molecule has 0 spiro atoms. The van der Waals surface area contributed by atoms with Crippen molar-refractivity contribution in [2.24, 2.45) is 5.92 Å². The summed E-state index contributed by atoms with van der Waals surface area (Å²) in [6, 6.07) is 15.9. The summed E-state index contributed by atoms with van der Waals surface area (Å²) in [7, 11) is 0. The molecule has 180 valence electrons. The van der Waals surface area contributed by atoms with E-state index in [2.05, 4.69) is 25.6 Å². The Kier molecular flexibility index (Phi) is 6.15. The van der Waals surface area contributed by atoms with Gasteiger partial charge in [0, 0.05) is 25.0 Å². The van der Waals surface area contributed by atoms with Crippen LogP contribution in [0.15, 0.2) is 53.2 Å². The second-order valence-corrected chi connectivity index (χ2v) is 8.30. The monoisotopic (exact) mass is 478 g/mol. The SMILES string of the molecule is O=C(Nc1nonc1C(=O)NC[C@@H]1CCO[C@@H]1C(=O)O)OCC1c2ccccc2-c2ccccc21. The van der Waals surface area contributed by atoms with Crippen molar-refractivity contribution in [3.63, 3.8) is 0 Å². The van der Waals surface area contributed by atoms with Gasteiger partial charge in [0.15, 0.2) is 6.10 Å². The highest BCUT2D eigenvalue weighted by Crippen LogP contribution is 2.44. The van der Waals surface area contributed by atoms with Gasteiger partial charge in [-0.25, -0.2) is 14.2 Å². The van der Waals surface area contributed by atoms with Crippen molar-refractivity contribution < 1.29 is 33.6 Å². The molecule has 11 nitrogen and oxygen atoms in total. The quantitative estimate of drug-likeness (QED) is 0.465. The summed E-state index contributed by atoms with van der Waals surface area (Å²) >= 11 is 0. The second kappa shape index (κ2) is 9.55. The van der Waals surface area contributed by atoms with E-state index < -0.39 is 24.1 Å². The minimum Gasteiger partial charge on any atom is -0.479 e. The Labute approximate surface area is 199 Å². The number of rotatable bonds is 7. The highest BCUT2D eigenvalue weighted by atomic mass is 16.6. The first-order chi connectivity index (χ1) is 17.0. The molecule has 0 unspecified atom stereocenters. The lowest BCUT2D eigenvalue weighted by Gasteiger charge is -2.15. The van der Waals surface area contributed by atoms with Gasteiger partial charge in [0.2, 0.25) is 11.5 Å². The highest BCUT2D eigenvalue weighted by Gasteiger charge is 2.35. The maximum Gasteiger partial charge on any atom is 0.412 e. The van der Waals surface area contributed by atoms with E-state index >= 15 is 0 Å². The van der Waals surface area contributed by atoms with Gasteiger partial charge >= 0.3 is 12.1 Å². The third-order valence-corrected chi connectivity index (χ3v) is 6.25. The van der Waals surface area contributed by atoms with Crippen molar-refractivity contribution in [2.45, 2.75) is 18.4 Å². The summed E-state index contributed by atoms with van der Waals surface area (Å²) in [6.45, 7) is 0.454. The molecule has 0 bridgehead atoms. The molecule has 1 saturated heterocycles. The number of ether oxygens (including phenoxy) is 2. The van der Waals surface area contributed by atoms with Crippen molar-refractivity contribution in [2.75, 3.05) is 25.1 Å². The average Bonchev–Trinajstić information content (AvgIpc) is 3.59. The molecule has 1 aliphatic carbocycles. The molecule has 2 aromatic carbocycles. The standard InChI is InChI=1S/C24H22N4O7/c29-22(25-11-13-9-10-33-20(13)23(30)31)19-21(28-35-27-19)26-24(32)34-12-18-16-7-3-1-5-14(16)15-6-2-4-8-17(15)18/h1-8,13,18,20H,9-12H2,(H,25,29)(H,30,31)(H,26,28,32)/t13-,20-/m0/s1. The minimum atomic E-state index is -1.08. The maximum atomic E-state index is 12.5. The van der Waals surface area contributed by atoms with Gasteiger partial charge in [-0.2, -0.15) is 0 Å². The summed E-state index contributed by atoms with van der Waals surface area (Å²) in [6.07, 6.45) is -1.30. The number of benzene rings is 2. The van der Waals surface area contributed by atoms with Gasteiger partial charge in [-0.15, -0.1) is 0 Å². The van der Waals surface area contributed by atoms with Crippen LogP contribution in [0, 0.1) is 5.92 Å². The predicted octanol–water partition coefficient (Wildman–Crippen LogP) is 2.65. The van der Waals surface area contributed by atoms with E-state index in [4.69, 9.17) is 9.47 Å². The van der Waals surface area contributed by atoms with E-state index in [0.717, 1.165) is 22.3 Å². The average molecular weight is 478 g/mol. The van der Waals surface area contributed by atoms with Crippen LogP contribution in [0.5, 0.6) is 0 Å². The lowest BCUT2D eigenvalue weighted by atomic mass is 9.98. The van der Waals surface area contributed by atoms with E-state index in [1.165, 1.54) is 0 Å². The number of amides is 2. The molecule has 1 aliphatic heterocycles. The Balaban J connectivity index is 1.19. The van der Waals surface area contributed by atoms with Crippen molar-refractivity contribution in [3.8, 4) is 11.1 Å². The summed E-state index contributed by atoms with van der Waals surface area (Å²) in [5.74, 6) is -2.45. The van der Waals surface area contributed by atoms with Crippen molar-refractivity contribution >= 4 is 23.8 Å². The van der Waals surface area contributed by atoms with Crippen molar-refractivity contribution in [3.05, 3.63) is 65.4 Å². The number of nitrogens with zero attached hydrogens (tertiary/aromatic N) is 2. The van der Waals surface area contributed by atoms with E-state index in [9.17, 15) is 19.5 Å². The molecule has 3 N–H and O–H groups in total. The molecule has 1 fully saturated rings. The van der Waals surface area contributed by atoms with Crippen LogP contribution >= 0.6 is 0 Å². The molecular formula is C24H22N4O7. The van der Waals surface area contributed by atoms with Gasteiger partial charge in [0.25, 0.3) is 5.91 Å². The Morgan fingerprint density at radius 1 is 1.03 bits per heavy atom. The van der Waals surface area contributed by atoms with E-state index in [0.29, 0.717) is 13.0 Å². The number of carbonyl (C=O) groups excluding carboxylic acids is 2. The van der Waals surface area contributed by atoms with E-state index in [-0.39, 0.29) is 36.5 Å². The number of carboxylic acid groups (broad SMARTS) is 1. The lowest BCUT2D eigenvalue weighted by Crippen LogP contribution is -2.36. The molecule has 1 aromatic heterocycles. The fourth-order valence-corrected chi connectivity index (χ4v) is 4.57. The summed E-state index contributed by atoms with van der Waals surface area (Å²) < 4.78 is 15.2. The van der Waals surface area contributed by atoms with Crippen LogP contribution in [-0.2, 0) is 14.3 Å². The first-order valence-corrected chi connectivity index (χ1v) is 11.1. The number of hydrogen-bond donors (Lipinski definition) is 3. The third kappa shape index (κ3) is 4.45. The van der Waals surface area contributed by atoms with E-state index in [1.54, 1.807) is 0 Å². The number of aromatic nitrogens is 2. The molecule has 2 heterocycles. The maximum absolute atomic E-state index is 12.5. The second-order valence-electron chi connectivity index (χ2n) is 8.30. The van der Waals surface area contributed by atoms with Crippen molar-refractivity contribution in [1.29, 1.82) is 0 Å². The normalized spacial score (nSPS) is 18.5. The number of hydrogen-bond acceptors (Lipinski definition) is 8. The fraction of sp³-hybridized carbons (Fsp3) is 0.292. The Morgan fingerprint density at radius 3 is 2.40 bits per heavy atom. The molecular weight excluding hydrogens is 456 g/mol. The zero-order valence-corrected chi connectivity index (χ0v) is 18.5.